The third kappa shape index (κ3) is 3.86. The topological polar surface area (TPSA) is 97.0 Å². The molecule has 0 saturated heterocycles. The zero-order chi connectivity index (χ0) is 20.8. The number of fused-ring (bicyclic) bond motifs is 1. The van der Waals surface area contributed by atoms with Gasteiger partial charge in [-0.2, -0.15) is 13.1 Å². The molecule has 0 atom stereocenters. The number of hydrogen-bond acceptors (Lipinski definition) is 6. The number of rotatable bonds is 4. The maximum Gasteiger partial charge on any atom is 0.314 e. The minimum absolute atomic E-state index is 0.0484. The Kier molecular flexibility index (Phi) is 4.61. The predicted octanol–water partition coefficient (Wildman–Crippen LogP) is 4.72. The van der Waals surface area contributed by atoms with Gasteiger partial charge in [0.15, 0.2) is 5.82 Å². The largest absolute Gasteiger partial charge is 0.415 e. The van der Waals surface area contributed by atoms with E-state index in [-0.39, 0.29) is 17.1 Å². The Morgan fingerprint density at radius 2 is 1.90 bits per heavy atom. The lowest BCUT2D eigenvalue weighted by Gasteiger charge is -2.05. The lowest BCUT2D eigenvalue weighted by atomic mass is 10.1. The summed E-state index contributed by atoms with van der Waals surface area (Å²) in [6, 6.07) is 7.68. The Morgan fingerprint density at radius 3 is 2.52 bits per heavy atom. The van der Waals surface area contributed by atoms with Crippen molar-refractivity contribution >= 4 is 26.4 Å². The number of alkyl halides is 2. The van der Waals surface area contributed by atoms with Crippen LogP contribution < -0.4 is 0 Å². The molecule has 1 N–H and O–H groups in total. The van der Waals surface area contributed by atoms with Crippen LogP contribution in [0.3, 0.4) is 0 Å². The molecule has 3 aromatic heterocycles. The number of H-pyrrole nitrogens is 1. The molecule has 0 aliphatic rings. The number of nitrogens with one attached hydrogen (secondary N) is 1. The molecule has 0 bridgehead atoms. The summed E-state index contributed by atoms with van der Waals surface area (Å²) in [5, 5.41) is 6.91. The quantitative estimate of drug-likeness (QED) is 0.514. The van der Waals surface area contributed by atoms with E-state index in [2.05, 4.69) is 24.5 Å². The second-order valence-electron chi connectivity index (χ2n) is 6.48. The van der Waals surface area contributed by atoms with Crippen molar-refractivity contribution in [3.8, 4) is 22.7 Å². The molecule has 0 fully saturated rings. The van der Waals surface area contributed by atoms with E-state index >= 15 is 0 Å². The number of halogens is 3. The highest BCUT2D eigenvalue weighted by Crippen LogP contribution is 2.32. The van der Waals surface area contributed by atoms with Crippen LogP contribution in [0.4, 0.5) is 18.9 Å². The number of pyridine rings is 1. The average Bonchev–Trinajstić information content (AvgIpc) is 3.27. The van der Waals surface area contributed by atoms with Crippen LogP contribution in [-0.2, 0) is 9.73 Å². The first-order valence-corrected chi connectivity index (χ1v) is 10.6. The van der Waals surface area contributed by atoms with Gasteiger partial charge in [-0.05, 0) is 12.1 Å². The van der Waals surface area contributed by atoms with Gasteiger partial charge in [0.25, 0.3) is 11.8 Å². The molecule has 4 aromatic rings. The van der Waals surface area contributed by atoms with Gasteiger partial charge < -0.3 is 9.40 Å². The van der Waals surface area contributed by atoms with Gasteiger partial charge in [-0.25, -0.2) is 13.6 Å². The summed E-state index contributed by atoms with van der Waals surface area (Å²) in [6.45, 7) is 0. The zero-order valence-corrected chi connectivity index (χ0v) is 16.0. The van der Waals surface area contributed by atoms with Gasteiger partial charge in [-0.1, -0.05) is 12.1 Å². The van der Waals surface area contributed by atoms with Crippen LogP contribution in [0.5, 0.6) is 0 Å². The Balaban J connectivity index is 1.79. The van der Waals surface area contributed by atoms with Crippen molar-refractivity contribution in [1.29, 1.82) is 0 Å². The van der Waals surface area contributed by atoms with E-state index in [1.54, 1.807) is 24.3 Å². The predicted molar refractivity (Wildman–Crippen MR) is 102 cm³/mol. The van der Waals surface area contributed by atoms with Crippen LogP contribution in [0, 0.1) is 5.82 Å². The van der Waals surface area contributed by atoms with Crippen LogP contribution in [0.25, 0.3) is 33.7 Å². The lowest BCUT2D eigenvalue weighted by Crippen LogP contribution is -1.91. The maximum atomic E-state index is 14.6. The third-order valence-electron chi connectivity index (χ3n) is 3.93. The van der Waals surface area contributed by atoms with Crippen molar-refractivity contribution in [2.45, 2.75) is 6.43 Å². The Labute approximate surface area is 163 Å². The fraction of sp³-hybridized carbons (Fsp3) is 0.167. The molecule has 150 valence electrons. The monoisotopic (exact) mass is 421 g/mol. The van der Waals surface area contributed by atoms with Crippen LogP contribution in [0.1, 0.15) is 12.3 Å². The van der Waals surface area contributed by atoms with Crippen molar-refractivity contribution < 1.29 is 21.8 Å². The first kappa shape index (κ1) is 19.1. The van der Waals surface area contributed by atoms with Crippen LogP contribution in [0.15, 0.2) is 45.3 Å². The second-order valence-corrected chi connectivity index (χ2v) is 9.03. The van der Waals surface area contributed by atoms with Gasteiger partial charge in [0.05, 0.1) is 16.8 Å². The second kappa shape index (κ2) is 6.99. The molecule has 0 radical (unpaired) electrons. The van der Waals surface area contributed by atoms with E-state index in [4.69, 9.17) is 4.42 Å². The standard InChI is InChI=1S/C18H14F3N5O2S/c1-29(2,27)26-10-5-3-9(4-6-10)14-12(19)7-13-15(23-14)11(8-22-13)17-24-25-18(28-17)16(20)21/h3-8,16,22H,1-2H3. The maximum absolute atomic E-state index is 14.6. The molecule has 0 amide bonds. The van der Waals surface area contributed by atoms with Gasteiger partial charge in [-0.15, -0.1) is 10.2 Å². The molecular formula is C18H14F3N5O2S. The lowest BCUT2D eigenvalue weighted by molar-refractivity contribution is 0.116. The molecule has 29 heavy (non-hydrogen) atoms. The molecule has 1 aromatic carbocycles. The first-order valence-electron chi connectivity index (χ1n) is 8.28. The number of aromatic nitrogens is 4. The van der Waals surface area contributed by atoms with E-state index in [1.165, 1.54) is 24.8 Å². The van der Waals surface area contributed by atoms with Crippen molar-refractivity contribution in [2.75, 3.05) is 12.5 Å². The van der Waals surface area contributed by atoms with Crippen molar-refractivity contribution in [3.63, 3.8) is 0 Å². The fourth-order valence-electron chi connectivity index (χ4n) is 2.75. The highest BCUT2D eigenvalue weighted by molar-refractivity contribution is 7.92. The molecular weight excluding hydrogens is 407 g/mol. The highest BCUT2D eigenvalue weighted by atomic mass is 32.2. The molecule has 0 spiro atoms. The Hall–Kier alpha value is -3.21. The summed E-state index contributed by atoms with van der Waals surface area (Å²) in [7, 11) is -2.32. The van der Waals surface area contributed by atoms with Gasteiger partial charge >= 0.3 is 6.43 Å². The summed E-state index contributed by atoms with van der Waals surface area (Å²) in [4.78, 5) is 7.15. The Morgan fingerprint density at radius 1 is 1.17 bits per heavy atom. The molecule has 7 nitrogen and oxygen atoms in total. The highest BCUT2D eigenvalue weighted by Gasteiger charge is 2.21. The molecule has 0 aliphatic carbocycles. The third-order valence-corrected chi connectivity index (χ3v) is 4.58. The number of aromatic amines is 1. The summed E-state index contributed by atoms with van der Waals surface area (Å²) in [5.41, 5.74) is 1.94. The van der Waals surface area contributed by atoms with Gasteiger partial charge in [0.1, 0.15) is 11.2 Å². The van der Waals surface area contributed by atoms with E-state index < -0.39 is 27.9 Å². The first-order chi connectivity index (χ1) is 13.7. The summed E-state index contributed by atoms with van der Waals surface area (Å²) in [6.07, 6.45) is 1.57. The smallest absolute Gasteiger partial charge is 0.314 e. The van der Waals surface area contributed by atoms with E-state index in [1.807, 2.05) is 0 Å². The van der Waals surface area contributed by atoms with Gasteiger partial charge in [0, 0.05) is 40.1 Å². The molecule has 0 saturated carbocycles. The van der Waals surface area contributed by atoms with Crippen LogP contribution >= 0.6 is 0 Å². The fourth-order valence-corrected chi connectivity index (χ4v) is 3.38. The summed E-state index contributed by atoms with van der Waals surface area (Å²) >= 11 is 0. The van der Waals surface area contributed by atoms with Crippen molar-refractivity contribution in [2.24, 2.45) is 4.36 Å². The zero-order valence-electron chi connectivity index (χ0n) is 15.2. The molecule has 4 rings (SSSR count). The SMILES string of the molecule is CS(C)(=O)=Nc1ccc(-c2nc3c(-c4nnc(C(F)F)o4)c[nH]c3cc2F)cc1. The average molecular weight is 421 g/mol. The minimum atomic E-state index is -2.90. The molecule has 0 unspecified atom stereocenters. The summed E-state index contributed by atoms with van der Waals surface area (Å²) < 4.78 is 60.9. The number of benzene rings is 1. The molecule has 0 aliphatic heterocycles. The number of hydrogen-bond donors (Lipinski definition) is 1. The van der Waals surface area contributed by atoms with Gasteiger partial charge in [-0.3, -0.25) is 0 Å². The van der Waals surface area contributed by atoms with Crippen molar-refractivity contribution in [3.05, 3.63) is 48.2 Å². The van der Waals surface area contributed by atoms with Crippen molar-refractivity contribution in [1.82, 2.24) is 20.2 Å². The van der Waals surface area contributed by atoms with Crippen LogP contribution in [0.2, 0.25) is 0 Å². The minimum Gasteiger partial charge on any atom is -0.415 e. The number of nitrogens with zero attached hydrogens (tertiary/aromatic N) is 4. The Bertz CT molecular complexity index is 1310. The van der Waals surface area contributed by atoms with Gasteiger partial charge in [0.2, 0.25) is 0 Å². The normalized spacial score (nSPS) is 12.1. The molecule has 3 heterocycles. The van der Waals surface area contributed by atoms with E-state index in [9.17, 15) is 17.4 Å². The summed E-state index contributed by atoms with van der Waals surface area (Å²) in [5.74, 6) is -1.53. The van der Waals surface area contributed by atoms with E-state index in [0.29, 0.717) is 22.3 Å². The van der Waals surface area contributed by atoms with E-state index in [0.717, 1.165) is 0 Å². The van der Waals surface area contributed by atoms with Crippen LogP contribution in [-0.4, -0.2) is 36.9 Å². The molecule has 11 heteroatoms.